The average Bonchev–Trinajstić information content (AvgIpc) is 3.59. The Morgan fingerprint density at radius 2 is 1.84 bits per heavy atom. The van der Waals surface area contributed by atoms with Crippen LogP contribution in [0.15, 0.2) is 67.3 Å². The summed E-state index contributed by atoms with van der Waals surface area (Å²) in [6.07, 6.45) is 5.24. The molecule has 0 spiro atoms. The molecule has 12 nitrogen and oxygen atoms in total. The largest absolute Gasteiger partial charge is 0.497 e. The van der Waals surface area contributed by atoms with Crippen molar-refractivity contribution in [2.45, 2.75) is 25.9 Å². The van der Waals surface area contributed by atoms with Crippen LogP contribution in [0.1, 0.15) is 28.0 Å². The number of piperazine rings is 1. The Bertz CT molecular complexity index is 1590. The lowest BCUT2D eigenvalue weighted by atomic mass is 10.0. The van der Waals surface area contributed by atoms with Crippen LogP contribution >= 0.6 is 0 Å². The monoisotopic (exact) mass is 583 g/mol. The Morgan fingerprint density at radius 1 is 1.02 bits per heavy atom. The molecule has 0 aliphatic carbocycles. The average molecular weight is 584 g/mol. The zero-order valence-corrected chi connectivity index (χ0v) is 24.1. The van der Waals surface area contributed by atoms with Gasteiger partial charge in [-0.1, -0.05) is 6.07 Å². The second kappa shape index (κ2) is 12.4. The molecule has 4 aromatic rings. The fourth-order valence-electron chi connectivity index (χ4n) is 5.28. The molecule has 0 bridgehead atoms. The maximum Gasteiger partial charge on any atom is 0.254 e. The Labute approximate surface area is 249 Å². The van der Waals surface area contributed by atoms with Crippen LogP contribution in [0.3, 0.4) is 0 Å². The fraction of sp³-hybridized carbons (Fsp3) is 0.323. The highest BCUT2D eigenvalue weighted by atomic mass is 16.6. The number of hydrogen-bond acceptors (Lipinski definition) is 9. The van der Waals surface area contributed by atoms with Gasteiger partial charge in [-0.2, -0.15) is 4.98 Å². The van der Waals surface area contributed by atoms with Gasteiger partial charge in [0.2, 0.25) is 11.9 Å². The molecule has 2 aliphatic rings. The van der Waals surface area contributed by atoms with E-state index in [0.29, 0.717) is 68.2 Å². The van der Waals surface area contributed by atoms with E-state index in [-0.39, 0.29) is 18.2 Å². The third kappa shape index (κ3) is 6.37. The molecule has 2 amide bonds. The van der Waals surface area contributed by atoms with E-state index < -0.39 is 6.04 Å². The number of aromatic nitrogens is 4. The van der Waals surface area contributed by atoms with Gasteiger partial charge in [-0.15, -0.1) is 0 Å². The summed E-state index contributed by atoms with van der Waals surface area (Å²) in [7, 11) is 1.59. The number of amides is 2. The van der Waals surface area contributed by atoms with Crippen LogP contribution in [0.5, 0.6) is 17.2 Å². The molecule has 6 rings (SSSR count). The normalized spacial score (nSPS) is 16.1. The summed E-state index contributed by atoms with van der Waals surface area (Å²) >= 11 is 0. The number of aryl methyl sites for hydroxylation is 1. The van der Waals surface area contributed by atoms with E-state index in [0.717, 1.165) is 17.1 Å². The molecule has 4 heterocycles. The van der Waals surface area contributed by atoms with Crippen LogP contribution in [0.25, 0.3) is 5.95 Å². The van der Waals surface area contributed by atoms with E-state index in [4.69, 9.17) is 19.2 Å². The number of carbonyl (C=O) groups excluding carboxylic acids is 2. The second-order valence-electron chi connectivity index (χ2n) is 10.4. The van der Waals surface area contributed by atoms with Gasteiger partial charge < -0.3 is 29.3 Å². The van der Waals surface area contributed by atoms with Crippen LogP contribution < -0.4 is 24.4 Å². The lowest BCUT2D eigenvalue weighted by Crippen LogP contribution is -2.56. The van der Waals surface area contributed by atoms with Gasteiger partial charge in [0.1, 0.15) is 31.1 Å². The van der Waals surface area contributed by atoms with Gasteiger partial charge in [0, 0.05) is 62.3 Å². The predicted molar refractivity (Wildman–Crippen MR) is 158 cm³/mol. The number of ether oxygens (including phenoxy) is 3. The minimum absolute atomic E-state index is 0.126. The zero-order chi connectivity index (χ0) is 29.8. The molecule has 2 aliphatic heterocycles. The molecule has 1 atom stereocenters. The molecule has 12 heteroatoms. The zero-order valence-electron chi connectivity index (χ0n) is 24.1. The van der Waals surface area contributed by atoms with E-state index in [1.54, 1.807) is 59.6 Å². The number of rotatable bonds is 8. The van der Waals surface area contributed by atoms with Crippen molar-refractivity contribution in [3.05, 3.63) is 84.1 Å². The summed E-state index contributed by atoms with van der Waals surface area (Å²) in [5.41, 5.74) is 2.24. The molecule has 2 aromatic carbocycles. The number of carbonyl (C=O) groups is 2. The minimum atomic E-state index is -0.393. The van der Waals surface area contributed by atoms with Gasteiger partial charge in [-0.3, -0.25) is 14.2 Å². The summed E-state index contributed by atoms with van der Waals surface area (Å²) in [6.45, 7) is 4.67. The number of hydrogen-bond donors (Lipinski definition) is 1. The fourth-order valence-corrected chi connectivity index (χ4v) is 5.28. The first-order chi connectivity index (χ1) is 21.0. The van der Waals surface area contributed by atoms with Crippen LogP contribution in [-0.2, 0) is 11.3 Å². The summed E-state index contributed by atoms with van der Waals surface area (Å²) < 4.78 is 18.3. The number of anilines is 1. The van der Waals surface area contributed by atoms with E-state index in [1.165, 1.54) is 0 Å². The first kappa shape index (κ1) is 28.0. The Balaban J connectivity index is 1.20. The molecule has 43 heavy (non-hydrogen) atoms. The Morgan fingerprint density at radius 3 is 2.60 bits per heavy atom. The van der Waals surface area contributed by atoms with Crippen molar-refractivity contribution in [2.24, 2.45) is 0 Å². The second-order valence-corrected chi connectivity index (χ2v) is 10.4. The van der Waals surface area contributed by atoms with Gasteiger partial charge in [-0.05, 0) is 48.9 Å². The maximum atomic E-state index is 13.7. The molecule has 0 radical (unpaired) electrons. The topological polar surface area (TPSA) is 124 Å². The Hall–Kier alpha value is -5.13. The third-order valence-corrected chi connectivity index (χ3v) is 7.49. The SMILES string of the molecule is COc1ccc(C(=O)N2CCN(c3cc(C)nc(-n4ccnc4)n3)CC2CC(=O)NCc2ccc3c(c2)OCCO3)cc1. The highest BCUT2D eigenvalue weighted by molar-refractivity contribution is 5.95. The van der Waals surface area contributed by atoms with Gasteiger partial charge in [0.25, 0.3) is 5.91 Å². The van der Waals surface area contributed by atoms with Crippen molar-refractivity contribution in [1.29, 1.82) is 0 Å². The molecule has 1 N–H and O–H groups in total. The number of benzene rings is 2. The number of fused-ring (bicyclic) bond motifs is 1. The highest BCUT2D eigenvalue weighted by Gasteiger charge is 2.33. The minimum Gasteiger partial charge on any atom is -0.497 e. The highest BCUT2D eigenvalue weighted by Crippen LogP contribution is 2.31. The van der Waals surface area contributed by atoms with Crippen LogP contribution in [0, 0.1) is 6.92 Å². The lowest BCUT2D eigenvalue weighted by Gasteiger charge is -2.42. The van der Waals surface area contributed by atoms with Gasteiger partial charge in [-0.25, -0.2) is 9.97 Å². The molecule has 2 aromatic heterocycles. The van der Waals surface area contributed by atoms with E-state index >= 15 is 0 Å². The van der Waals surface area contributed by atoms with Crippen molar-refractivity contribution >= 4 is 17.6 Å². The standard InChI is InChI=1S/C31H33N7O5/c1-21-15-28(35-31(34-21)37-10-9-32-20-37)36-11-12-38(30(40)23-4-6-25(41-2)7-5-23)24(19-36)17-29(39)33-18-22-3-8-26-27(16-22)43-14-13-42-26/h3-10,15-16,20,24H,11-14,17-19H2,1-2H3,(H,33,39). The quantitative estimate of drug-likeness (QED) is 0.334. The van der Waals surface area contributed by atoms with Crippen molar-refractivity contribution in [3.63, 3.8) is 0 Å². The summed E-state index contributed by atoms with van der Waals surface area (Å²) in [6, 6.07) is 14.2. The predicted octanol–water partition coefficient (Wildman–Crippen LogP) is 2.79. The van der Waals surface area contributed by atoms with Crippen molar-refractivity contribution < 1.29 is 23.8 Å². The van der Waals surface area contributed by atoms with Crippen molar-refractivity contribution in [2.75, 3.05) is 44.9 Å². The molecular weight excluding hydrogens is 550 g/mol. The molecule has 0 saturated carbocycles. The Kier molecular flexibility index (Phi) is 8.07. The molecule has 1 saturated heterocycles. The summed E-state index contributed by atoms with van der Waals surface area (Å²) in [5.74, 6) is 2.99. The molecule has 1 fully saturated rings. The van der Waals surface area contributed by atoms with Crippen LogP contribution in [0.2, 0.25) is 0 Å². The number of nitrogens with zero attached hydrogens (tertiary/aromatic N) is 6. The third-order valence-electron chi connectivity index (χ3n) is 7.49. The molecular formula is C31H33N7O5. The lowest BCUT2D eigenvalue weighted by molar-refractivity contribution is -0.122. The first-order valence-electron chi connectivity index (χ1n) is 14.2. The number of nitrogens with one attached hydrogen (secondary N) is 1. The van der Waals surface area contributed by atoms with E-state index in [1.807, 2.05) is 31.2 Å². The number of methoxy groups -OCH3 is 1. The molecule has 222 valence electrons. The first-order valence-corrected chi connectivity index (χ1v) is 14.2. The van der Waals surface area contributed by atoms with Crippen molar-refractivity contribution in [1.82, 2.24) is 29.7 Å². The summed E-state index contributed by atoms with van der Waals surface area (Å²) in [4.78, 5) is 44.3. The van der Waals surface area contributed by atoms with Gasteiger partial charge in [0.15, 0.2) is 11.5 Å². The van der Waals surface area contributed by atoms with Crippen molar-refractivity contribution in [3.8, 4) is 23.2 Å². The van der Waals surface area contributed by atoms with Crippen LogP contribution in [0.4, 0.5) is 5.82 Å². The number of imidazole rings is 1. The molecule has 1 unspecified atom stereocenters. The van der Waals surface area contributed by atoms with E-state index in [2.05, 4.69) is 20.2 Å². The van der Waals surface area contributed by atoms with Gasteiger partial charge in [0.05, 0.1) is 13.2 Å². The van der Waals surface area contributed by atoms with E-state index in [9.17, 15) is 9.59 Å². The van der Waals surface area contributed by atoms with Gasteiger partial charge >= 0.3 is 0 Å². The maximum absolute atomic E-state index is 13.7. The smallest absolute Gasteiger partial charge is 0.254 e. The summed E-state index contributed by atoms with van der Waals surface area (Å²) in [5, 5.41) is 3.01. The van der Waals surface area contributed by atoms with Crippen LogP contribution in [-0.4, -0.2) is 82.2 Å².